The van der Waals surface area contributed by atoms with Crippen LogP contribution in [0, 0.1) is 23.0 Å². The van der Waals surface area contributed by atoms with Crippen molar-refractivity contribution in [2.45, 2.75) is 13.3 Å². The number of carboxylic acids is 1. The molecule has 0 unspecified atom stereocenters. The Morgan fingerprint density at radius 3 is 2.68 bits per heavy atom. The van der Waals surface area contributed by atoms with Crippen LogP contribution in [0.2, 0.25) is 0 Å². The van der Waals surface area contributed by atoms with Gasteiger partial charge in [0, 0.05) is 36.5 Å². The van der Waals surface area contributed by atoms with Crippen LogP contribution in [0.15, 0.2) is 18.2 Å². The summed E-state index contributed by atoms with van der Waals surface area (Å²) < 4.78 is 0. The number of anilines is 1. The molecular weight excluding hydrogens is 252 g/mol. The van der Waals surface area contributed by atoms with Gasteiger partial charge in [-0.3, -0.25) is 14.9 Å². The summed E-state index contributed by atoms with van der Waals surface area (Å²) >= 11 is 0. The third-order valence-corrected chi connectivity index (χ3v) is 3.16. The lowest BCUT2D eigenvalue weighted by Gasteiger charge is -2.17. The molecule has 0 spiro atoms. The predicted octanol–water partition coefficient (Wildman–Crippen LogP) is 0.00602. The predicted molar refractivity (Wildman–Crippen MR) is 63.3 cm³/mol. The highest BCUT2D eigenvalue weighted by Gasteiger charge is 2.32. The van der Waals surface area contributed by atoms with E-state index >= 15 is 0 Å². The summed E-state index contributed by atoms with van der Waals surface area (Å²) in [7, 11) is 0. The summed E-state index contributed by atoms with van der Waals surface area (Å²) in [6, 6.07) is 4.38. The van der Waals surface area contributed by atoms with Crippen molar-refractivity contribution in [3.05, 3.63) is 33.9 Å². The number of carbonyl (C=O) groups excluding carboxylic acids is 2. The number of aryl methyl sites for hydroxylation is 1. The minimum absolute atomic E-state index is 0.0125. The van der Waals surface area contributed by atoms with Crippen LogP contribution in [0.3, 0.4) is 0 Å². The van der Waals surface area contributed by atoms with Gasteiger partial charge in [0.25, 0.3) is 5.69 Å². The zero-order chi connectivity index (χ0) is 14.2. The van der Waals surface area contributed by atoms with Crippen LogP contribution in [0.1, 0.15) is 12.0 Å². The Morgan fingerprint density at radius 2 is 2.16 bits per heavy atom. The molecule has 0 N–H and O–H groups in total. The Labute approximate surface area is 108 Å². The van der Waals surface area contributed by atoms with Crippen LogP contribution in [0.25, 0.3) is 0 Å². The molecule has 0 bridgehead atoms. The maximum Gasteiger partial charge on any atom is 0.274 e. The molecule has 1 saturated heterocycles. The number of hydrogen-bond donors (Lipinski definition) is 0. The number of aliphatic carboxylic acids is 1. The van der Waals surface area contributed by atoms with Gasteiger partial charge < -0.3 is 14.8 Å². The minimum atomic E-state index is -1.28. The third kappa shape index (κ3) is 2.40. The number of amides is 1. The Bertz CT molecular complexity index is 569. The van der Waals surface area contributed by atoms with Crippen LogP contribution in [0.5, 0.6) is 0 Å². The molecule has 1 aliphatic heterocycles. The maximum absolute atomic E-state index is 11.7. The lowest BCUT2D eigenvalue weighted by molar-refractivity contribution is -0.385. The van der Waals surface area contributed by atoms with E-state index in [1.165, 1.54) is 17.0 Å². The van der Waals surface area contributed by atoms with E-state index in [4.69, 9.17) is 0 Å². The number of nitrogens with zero attached hydrogens (tertiary/aromatic N) is 2. The quantitative estimate of drug-likeness (QED) is 0.564. The van der Waals surface area contributed by atoms with E-state index < -0.39 is 16.8 Å². The van der Waals surface area contributed by atoms with Gasteiger partial charge >= 0.3 is 0 Å². The minimum Gasteiger partial charge on any atom is -0.550 e. The van der Waals surface area contributed by atoms with Crippen LogP contribution in [0.4, 0.5) is 11.4 Å². The van der Waals surface area contributed by atoms with E-state index in [1.807, 2.05) is 0 Å². The van der Waals surface area contributed by atoms with Crippen LogP contribution < -0.4 is 10.0 Å². The van der Waals surface area contributed by atoms with Gasteiger partial charge in [-0.05, 0) is 13.0 Å². The first-order valence-corrected chi connectivity index (χ1v) is 5.66. The topological polar surface area (TPSA) is 104 Å². The van der Waals surface area contributed by atoms with Crippen molar-refractivity contribution in [3.63, 3.8) is 0 Å². The van der Waals surface area contributed by atoms with Gasteiger partial charge in [0.05, 0.1) is 10.6 Å². The third-order valence-electron chi connectivity index (χ3n) is 3.16. The molecule has 19 heavy (non-hydrogen) atoms. The smallest absolute Gasteiger partial charge is 0.274 e. The molecule has 1 atom stereocenters. The van der Waals surface area contributed by atoms with Crippen molar-refractivity contribution in [1.29, 1.82) is 0 Å². The van der Waals surface area contributed by atoms with E-state index in [9.17, 15) is 24.8 Å². The van der Waals surface area contributed by atoms with Crippen molar-refractivity contribution in [3.8, 4) is 0 Å². The normalized spacial score (nSPS) is 18.7. The maximum atomic E-state index is 11.7. The van der Waals surface area contributed by atoms with Gasteiger partial charge in [-0.15, -0.1) is 0 Å². The highest BCUT2D eigenvalue weighted by Crippen LogP contribution is 2.29. The Morgan fingerprint density at radius 1 is 1.47 bits per heavy atom. The molecule has 2 rings (SSSR count). The molecule has 0 radical (unpaired) electrons. The van der Waals surface area contributed by atoms with Crippen LogP contribution in [-0.4, -0.2) is 23.3 Å². The van der Waals surface area contributed by atoms with Gasteiger partial charge in [-0.2, -0.15) is 0 Å². The largest absolute Gasteiger partial charge is 0.550 e. The highest BCUT2D eigenvalue weighted by molar-refractivity contribution is 5.99. The Kier molecular flexibility index (Phi) is 3.20. The van der Waals surface area contributed by atoms with Crippen molar-refractivity contribution in [1.82, 2.24) is 0 Å². The average molecular weight is 263 g/mol. The molecule has 1 aromatic rings. The number of benzene rings is 1. The van der Waals surface area contributed by atoms with Crippen LogP contribution >= 0.6 is 0 Å². The zero-order valence-corrected chi connectivity index (χ0v) is 10.2. The molecule has 1 amide bonds. The summed E-state index contributed by atoms with van der Waals surface area (Å²) in [5.74, 6) is -2.52. The molecule has 0 aromatic heterocycles. The fourth-order valence-electron chi connectivity index (χ4n) is 2.08. The number of nitro groups is 1. The van der Waals surface area contributed by atoms with Crippen molar-refractivity contribution in [2.24, 2.45) is 5.92 Å². The van der Waals surface area contributed by atoms with E-state index in [-0.39, 0.29) is 24.6 Å². The molecule has 1 aromatic carbocycles. The number of hydrogen-bond acceptors (Lipinski definition) is 5. The summed E-state index contributed by atoms with van der Waals surface area (Å²) in [5, 5.41) is 21.6. The Hall–Kier alpha value is -2.44. The van der Waals surface area contributed by atoms with Crippen molar-refractivity contribution in [2.75, 3.05) is 11.4 Å². The molecular formula is C12H11N2O5-. The highest BCUT2D eigenvalue weighted by atomic mass is 16.6. The fourth-order valence-corrected chi connectivity index (χ4v) is 2.08. The first kappa shape index (κ1) is 13.0. The number of rotatable bonds is 3. The number of carbonyl (C=O) groups is 2. The number of nitro benzene ring substituents is 1. The molecule has 1 heterocycles. The SMILES string of the molecule is Cc1ccc(N2C[C@@H](C(=O)[O-])CC2=O)cc1[N+](=O)[O-]. The molecule has 7 nitrogen and oxygen atoms in total. The first-order valence-electron chi connectivity index (χ1n) is 5.66. The molecule has 100 valence electrons. The van der Waals surface area contributed by atoms with Crippen molar-refractivity contribution >= 4 is 23.3 Å². The van der Waals surface area contributed by atoms with Gasteiger partial charge in [-0.1, -0.05) is 6.07 Å². The van der Waals surface area contributed by atoms with Crippen LogP contribution in [-0.2, 0) is 9.59 Å². The summed E-state index contributed by atoms with van der Waals surface area (Å²) in [4.78, 5) is 34.0. The molecule has 0 saturated carbocycles. The molecule has 0 aliphatic carbocycles. The number of carboxylic acid groups (broad SMARTS) is 1. The summed E-state index contributed by atoms with van der Waals surface area (Å²) in [6.45, 7) is 1.58. The summed E-state index contributed by atoms with van der Waals surface area (Å²) in [5.41, 5.74) is 0.727. The zero-order valence-electron chi connectivity index (χ0n) is 10.2. The van der Waals surface area contributed by atoms with E-state index in [0.29, 0.717) is 11.3 Å². The average Bonchev–Trinajstić information content (AvgIpc) is 2.72. The summed E-state index contributed by atoms with van der Waals surface area (Å²) in [6.07, 6.45) is -0.135. The lowest BCUT2D eigenvalue weighted by Crippen LogP contribution is -2.33. The lowest BCUT2D eigenvalue weighted by atomic mass is 10.1. The molecule has 7 heteroatoms. The van der Waals surface area contributed by atoms with E-state index in [1.54, 1.807) is 13.0 Å². The van der Waals surface area contributed by atoms with Gasteiger partial charge in [0.15, 0.2) is 0 Å². The second-order valence-corrected chi connectivity index (χ2v) is 4.45. The standard InChI is InChI=1S/C12H12N2O5/c1-7-2-3-9(5-10(7)14(18)19)13-6-8(12(16)17)4-11(13)15/h2-3,5,8H,4,6H2,1H3,(H,16,17)/p-1/t8-/m0/s1. The monoisotopic (exact) mass is 263 g/mol. The molecule has 1 fully saturated rings. The van der Waals surface area contributed by atoms with Gasteiger partial charge in [0.1, 0.15) is 0 Å². The van der Waals surface area contributed by atoms with Gasteiger partial charge in [-0.25, -0.2) is 0 Å². The Balaban J connectivity index is 2.33. The van der Waals surface area contributed by atoms with E-state index in [0.717, 1.165) is 0 Å². The van der Waals surface area contributed by atoms with E-state index in [2.05, 4.69) is 0 Å². The first-order chi connectivity index (χ1) is 8.90. The molecule has 1 aliphatic rings. The second-order valence-electron chi connectivity index (χ2n) is 4.45. The second kappa shape index (κ2) is 4.68. The fraction of sp³-hybridized carbons (Fsp3) is 0.333. The van der Waals surface area contributed by atoms with Crippen molar-refractivity contribution < 1.29 is 19.6 Å². The van der Waals surface area contributed by atoms with Gasteiger partial charge in [0.2, 0.25) is 5.91 Å².